The van der Waals surface area contributed by atoms with Crippen molar-refractivity contribution in [3.63, 3.8) is 0 Å². The molecule has 0 bridgehead atoms. The molecule has 0 saturated carbocycles. The second kappa shape index (κ2) is 2.80. The molecule has 0 atom stereocenters. The Hall–Kier alpha value is -1.00. The lowest BCUT2D eigenvalue weighted by Gasteiger charge is -1.85. The van der Waals surface area contributed by atoms with Crippen LogP contribution < -0.4 is 5.73 Å². The van der Waals surface area contributed by atoms with Crippen LogP contribution in [0.2, 0.25) is 4.34 Å². The Bertz CT molecular complexity index is 357. The van der Waals surface area contributed by atoms with Crippen LogP contribution in [0, 0.1) is 0 Å². The van der Waals surface area contributed by atoms with Crippen LogP contribution in [0.5, 0.6) is 0 Å². The van der Waals surface area contributed by atoms with E-state index in [4.69, 9.17) is 21.8 Å². The highest BCUT2D eigenvalue weighted by molar-refractivity contribution is 7.19. The molecule has 62 valence electrons. The zero-order valence-corrected chi connectivity index (χ0v) is 7.52. The molecule has 3 nitrogen and oxygen atoms in total. The summed E-state index contributed by atoms with van der Waals surface area (Å²) in [6.45, 7) is 0. The number of oxazole rings is 1. The third-order valence-corrected chi connectivity index (χ3v) is 2.59. The number of aromatic nitrogens is 1. The van der Waals surface area contributed by atoms with Crippen LogP contribution in [0.25, 0.3) is 10.6 Å². The molecule has 2 heterocycles. The van der Waals surface area contributed by atoms with Gasteiger partial charge in [0.15, 0.2) is 5.76 Å². The molecule has 0 spiro atoms. The normalized spacial score (nSPS) is 10.4. The Morgan fingerprint density at radius 2 is 2.33 bits per heavy atom. The number of nitrogens with zero attached hydrogens (tertiary/aromatic N) is 1. The standard InChI is InChI=1S/C7H5ClN2OS/c8-6-2-1-5(12-6)4-3-10-7(9)11-4/h1-3H,(H2,9,10). The van der Waals surface area contributed by atoms with Gasteiger partial charge in [-0.2, -0.15) is 0 Å². The van der Waals surface area contributed by atoms with E-state index in [0.29, 0.717) is 5.76 Å². The number of hydrogen-bond donors (Lipinski definition) is 1. The maximum atomic E-state index is 5.74. The molecule has 0 amide bonds. The fourth-order valence-corrected chi connectivity index (χ4v) is 1.84. The van der Waals surface area contributed by atoms with Crippen LogP contribution in [-0.4, -0.2) is 4.98 Å². The number of halogens is 1. The second-order valence-corrected chi connectivity index (χ2v) is 3.88. The van der Waals surface area contributed by atoms with Gasteiger partial charge < -0.3 is 10.2 Å². The summed E-state index contributed by atoms with van der Waals surface area (Å²) in [6.07, 6.45) is 1.58. The van der Waals surface area contributed by atoms with E-state index in [9.17, 15) is 0 Å². The summed E-state index contributed by atoms with van der Waals surface area (Å²) in [5.41, 5.74) is 5.32. The molecule has 2 aromatic heterocycles. The van der Waals surface area contributed by atoms with E-state index in [1.54, 1.807) is 12.3 Å². The predicted molar refractivity (Wildman–Crippen MR) is 49.2 cm³/mol. The third kappa shape index (κ3) is 1.31. The molecule has 2 rings (SSSR count). The maximum Gasteiger partial charge on any atom is 0.292 e. The fraction of sp³-hybridized carbons (Fsp3) is 0. The Morgan fingerprint density at radius 3 is 2.83 bits per heavy atom. The molecule has 12 heavy (non-hydrogen) atoms. The number of hydrogen-bond acceptors (Lipinski definition) is 4. The lowest BCUT2D eigenvalue weighted by Crippen LogP contribution is -1.79. The van der Waals surface area contributed by atoms with Gasteiger partial charge in [0.25, 0.3) is 6.01 Å². The van der Waals surface area contributed by atoms with Crippen LogP contribution in [0.1, 0.15) is 0 Å². The quantitative estimate of drug-likeness (QED) is 0.770. The van der Waals surface area contributed by atoms with E-state index in [1.165, 1.54) is 11.3 Å². The van der Waals surface area contributed by atoms with Crippen molar-refractivity contribution in [2.75, 3.05) is 5.73 Å². The van der Waals surface area contributed by atoms with Gasteiger partial charge in [-0.3, -0.25) is 0 Å². The number of rotatable bonds is 1. The summed E-state index contributed by atoms with van der Waals surface area (Å²) in [5, 5.41) is 0. The summed E-state index contributed by atoms with van der Waals surface area (Å²) < 4.78 is 5.82. The van der Waals surface area contributed by atoms with Crippen molar-refractivity contribution < 1.29 is 4.42 Å². The predicted octanol–water partition coefficient (Wildman–Crippen LogP) is 2.64. The topological polar surface area (TPSA) is 52.0 Å². The van der Waals surface area contributed by atoms with Crippen molar-refractivity contribution in [1.82, 2.24) is 4.98 Å². The summed E-state index contributed by atoms with van der Waals surface area (Å²) in [7, 11) is 0. The zero-order valence-electron chi connectivity index (χ0n) is 5.95. The molecule has 0 unspecified atom stereocenters. The molecule has 0 saturated heterocycles. The minimum absolute atomic E-state index is 0.175. The Morgan fingerprint density at radius 1 is 1.50 bits per heavy atom. The molecule has 0 aromatic carbocycles. The van der Waals surface area contributed by atoms with Gasteiger partial charge in [-0.1, -0.05) is 11.6 Å². The highest BCUT2D eigenvalue weighted by atomic mass is 35.5. The molecule has 2 N–H and O–H groups in total. The van der Waals surface area contributed by atoms with Crippen molar-refractivity contribution >= 4 is 29.0 Å². The van der Waals surface area contributed by atoms with Crippen molar-refractivity contribution in [1.29, 1.82) is 0 Å². The lowest BCUT2D eigenvalue weighted by molar-refractivity contribution is 0.596. The van der Waals surface area contributed by atoms with Gasteiger partial charge in [0.2, 0.25) is 0 Å². The molecule has 0 radical (unpaired) electrons. The summed E-state index contributed by atoms with van der Waals surface area (Å²) in [6, 6.07) is 3.85. The van der Waals surface area contributed by atoms with Gasteiger partial charge in [0.05, 0.1) is 15.4 Å². The maximum absolute atomic E-state index is 5.74. The first-order valence-electron chi connectivity index (χ1n) is 3.23. The third-order valence-electron chi connectivity index (χ3n) is 1.34. The Balaban J connectivity index is 2.43. The number of thiophene rings is 1. The van der Waals surface area contributed by atoms with E-state index in [-0.39, 0.29) is 6.01 Å². The molecule has 0 aliphatic carbocycles. The monoisotopic (exact) mass is 200 g/mol. The van der Waals surface area contributed by atoms with Gasteiger partial charge in [0, 0.05) is 0 Å². The van der Waals surface area contributed by atoms with Gasteiger partial charge in [0.1, 0.15) is 0 Å². The zero-order chi connectivity index (χ0) is 8.55. The van der Waals surface area contributed by atoms with Gasteiger partial charge in [-0.15, -0.1) is 11.3 Å². The highest BCUT2D eigenvalue weighted by Gasteiger charge is 2.05. The van der Waals surface area contributed by atoms with Crippen LogP contribution in [0.3, 0.4) is 0 Å². The van der Waals surface area contributed by atoms with Crippen LogP contribution >= 0.6 is 22.9 Å². The van der Waals surface area contributed by atoms with Crippen molar-refractivity contribution in [3.8, 4) is 10.6 Å². The summed E-state index contributed by atoms with van der Waals surface area (Å²) in [5.74, 6) is 0.657. The Labute approximate surface area is 77.8 Å². The molecule has 2 aromatic rings. The first-order valence-corrected chi connectivity index (χ1v) is 4.42. The second-order valence-electron chi connectivity index (χ2n) is 2.17. The molecule has 5 heteroatoms. The summed E-state index contributed by atoms with van der Waals surface area (Å²) >= 11 is 7.17. The lowest BCUT2D eigenvalue weighted by atomic mass is 10.4. The van der Waals surface area contributed by atoms with Gasteiger partial charge in [-0.25, -0.2) is 4.98 Å². The van der Waals surface area contributed by atoms with Crippen molar-refractivity contribution in [2.45, 2.75) is 0 Å². The van der Waals surface area contributed by atoms with Gasteiger partial charge >= 0.3 is 0 Å². The minimum Gasteiger partial charge on any atom is -0.423 e. The van der Waals surface area contributed by atoms with Crippen LogP contribution in [0.4, 0.5) is 6.01 Å². The average molecular weight is 201 g/mol. The highest BCUT2D eigenvalue weighted by Crippen LogP contribution is 2.31. The molecule has 0 fully saturated rings. The minimum atomic E-state index is 0.175. The fourth-order valence-electron chi connectivity index (χ4n) is 0.848. The molecule has 0 aliphatic rings. The molecule has 0 aliphatic heterocycles. The van der Waals surface area contributed by atoms with E-state index in [0.717, 1.165) is 9.21 Å². The summed E-state index contributed by atoms with van der Waals surface area (Å²) in [4.78, 5) is 4.71. The largest absolute Gasteiger partial charge is 0.423 e. The SMILES string of the molecule is Nc1ncc(-c2ccc(Cl)s2)o1. The van der Waals surface area contributed by atoms with Gasteiger partial charge in [-0.05, 0) is 12.1 Å². The van der Waals surface area contributed by atoms with E-state index < -0.39 is 0 Å². The van der Waals surface area contributed by atoms with Crippen LogP contribution in [0.15, 0.2) is 22.7 Å². The van der Waals surface area contributed by atoms with E-state index in [1.807, 2.05) is 6.07 Å². The van der Waals surface area contributed by atoms with E-state index in [2.05, 4.69) is 4.98 Å². The number of anilines is 1. The molecular formula is C7H5ClN2OS. The van der Waals surface area contributed by atoms with Crippen molar-refractivity contribution in [2.24, 2.45) is 0 Å². The first-order chi connectivity index (χ1) is 5.75. The average Bonchev–Trinajstić information content (AvgIpc) is 2.58. The number of nitrogens with two attached hydrogens (primary N) is 1. The number of nitrogen functional groups attached to an aromatic ring is 1. The van der Waals surface area contributed by atoms with Crippen molar-refractivity contribution in [3.05, 3.63) is 22.7 Å². The smallest absolute Gasteiger partial charge is 0.292 e. The Kier molecular flexibility index (Phi) is 1.78. The van der Waals surface area contributed by atoms with E-state index >= 15 is 0 Å². The van der Waals surface area contributed by atoms with Crippen LogP contribution in [-0.2, 0) is 0 Å². The molecular weight excluding hydrogens is 196 g/mol. The first kappa shape index (κ1) is 7.64.